The van der Waals surface area contributed by atoms with Crippen LogP contribution in [0.25, 0.3) is 0 Å². The van der Waals surface area contributed by atoms with Crippen LogP contribution in [0.4, 0.5) is 10.1 Å². The summed E-state index contributed by atoms with van der Waals surface area (Å²) in [4.78, 5) is 9.41. The Bertz CT molecular complexity index is 365. The lowest BCUT2D eigenvalue weighted by atomic mass is 10.00. The van der Waals surface area contributed by atoms with Gasteiger partial charge >= 0.3 is 0 Å². The van der Waals surface area contributed by atoms with Crippen molar-refractivity contribution in [3.8, 4) is 0 Å². The van der Waals surface area contributed by atoms with E-state index < -0.39 is 0 Å². The zero-order valence-corrected chi connectivity index (χ0v) is 10.2. The average molecular weight is 238 g/mol. The second-order valence-corrected chi connectivity index (χ2v) is 5.72. The van der Waals surface area contributed by atoms with Crippen LogP contribution in [-0.4, -0.2) is 42.1 Å². The van der Waals surface area contributed by atoms with Gasteiger partial charge in [0.2, 0.25) is 0 Å². The van der Waals surface area contributed by atoms with E-state index >= 15 is 0 Å². The van der Waals surface area contributed by atoms with Gasteiger partial charge in [0.05, 0.1) is 6.20 Å². The van der Waals surface area contributed by atoms with E-state index in [9.17, 15) is 0 Å². The van der Waals surface area contributed by atoms with Crippen LogP contribution in [0.3, 0.4) is 0 Å². The Hall–Kier alpha value is -0.810. The van der Waals surface area contributed by atoms with E-state index in [0.717, 1.165) is 29.3 Å². The van der Waals surface area contributed by atoms with Crippen LogP contribution >= 0.6 is 11.3 Å². The quantitative estimate of drug-likeness (QED) is 0.803. The number of anilines is 2. The van der Waals surface area contributed by atoms with Gasteiger partial charge in [-0.1, -0.05) is 17.8 Å². The third kappa shape index (κ3) is 1.89. The van der Waals surface area contributed by atoms with Crippen molar-refractivity contribution in [1.29, 1.82) is 0 Å². The number of nitrogen functional groups attached to an aromatic ring is 1. The van der Waals surface area contributed by atoms with Crippen LogP contribution in [0.5, 0.6) is 0 Å². The molecule has 3 rings (SSSR count). The molecular weight excluding hydrogens is 220 g/mol. The van der Waals surface area contributed by atoms with Gasteiger partial charge in [-0.2, -0.15) is 0 Å². The SMILES string of the molecule is Nc1cnc(N2CCN3CCCCC3C2)s1. The van der Waals surface area contributed by atoms with Crippen LogP contribution in [-0.2, 0) is 0 Å². The van der Waals surface area contributed by atoms with Crippen molar-refractivity contribution in [2.75, 3.05) is 36.8 Å². The number of fused-ring (bicyclic) bond motifs is 1. The highest BCUT2D eigenvalue weighted by molar-refractivity contribution is 7.19. The van der Waals surface area contributed by atoms with Gasteiger partial charge in [-0.3, -0.25) is 4.90 Å². The third-order valence-corrected chi connectivity index (χ3v) is 4.51. The zero-order valence-electron chi connectivity index (χ0n) is 9.43. The smallest absolute Gasteiger partial charge is 0.187 e. The fourth-order valence-corrected chi connectivity index (χ4v) is 3.47. The molecule has 1 atom stereocenters. The largest absolute Gasteiger partial charge is 0.389 e. The molecule has 0 bridgehead atoms. The highest BCUT2D eigenvalue weighted by Gasteiger charge is 2.29. The lowest BCUT2D eigenvalue weighted by Crippen LogP contribution is -2.54. The van der Waals surface area contributed by atoms with Crippen LogP contribution < -0.4 is 10.6 Å². The van der Waals surface area contributed by atoms with Crippen LogP contribution in [0, 0.1) is 0 Å². The number of hydrogen-bond acceptors (Lipinski definition) is 5. The number of thiazole rings is 1. The molecule has 1 unspecified atom stereocenters. The summed E-state index contributed by atoms with van der Waals surface area (Å²) in [5, 5.41) is 1.92. The Kier molecular flexibility index (Phi) is 2.73. The first kappa shape index (κ1) is 10.4. The van der Waals surface area contributed by atoms with Crippen molar-refractivity contribution in [3.63, 3.8) is 0 Å². The molecular formula is C11H18N4S. The molecule has 0 radical (unpaired) electrons. The van der Waals surface area contributed by atoms with Gasteiger partial charge in [-0.15, -0.1) is 0 Å². The maximum atomic E-state index is 5.74. The minimum atomic E-state index is 0.743. The minimum absolute atomic E-state index is 0.743. The third-order valence-electron chi connectivity index (χ3n) is 3.62. The molecule has 4 nitrogen and oxygen atoms in total. The van der Waals surface area contributed by atoms with E-state index in [1.807, 2.05) is 0 Å². The molecule has 2 N–H and O–H groups in total. The van der Waals surface area contributed by atoms with Crippen LogP contribution in [0.1, 0.15) is 19.3 Å². The maximum Gasteiger partial charge on any atom is 0.187 e. The summed E-state index contributed by atoms with van der Waals surface area (Å²) in [7, 11) is 0. The second-order valence-electron chi connectivity index (χ2n) is 4.68. The Labute approximate surface area is 100 Å². The fraction of sp³-hybridized carbons (Fsp3) is 0.727. The monoisotopic (exact) mass is 238 g/mol. The first-order valence-electron chi connectivity index (χ1n) is 6.03. The first-order valence-corrected chi connectivity index (χ1v) is 6.85. The van der Waals surface area contributed by atoms with E-state index in [4.69, 9.17) is 5.73 Å². The number of aromatic nitrogens is 1. The Morgan fingerprint density at radius 2 is 2.25 bits per heavy atom. The number of piperazine rings is 1. The Morgan fingerprint density at radius 3 is 3.06 bits per heavy atom. The van der Waals surface area contributed by atoms with Gasteiger partial charge in [0, 0.05) is 25.7 Å². The molecule has 16 heavy (non-hydrogen) atoms. The van der Waals surface area contributed by atoms with Crippen molar-refractivity contribution in [3.05, 3.63) is 6.20 Å². The van der Waals surface area contributed by atoms with E-state index in [1.165, 1.54) is 32.4 Å². The molecule has 3 heterocycles. The summed E-state index contributed by atoms with van der Waals surface area (Å²) >= 11 is 1.61. The van der Waals surface area contributed by atoms with E-state index in [-0.39, 0.29) is 0 Å². The molecule has 0 spiro atoms. The average Bonchev–Trinajstić information content (AvgIpc) is 2.75. The highest BCUT2D eigenvalue weighted by atomic mass is 32.1. The van der Waals surface area contributed by atoms with Crippen molar-refractivity contribution in [2.24, 2.45) is 0 Å². The second kappa shape index (κ2) is 4.22. The summed E-state index contributed by atoms with van der Waals surface area (Å²) < 4.78 is 0. The number of rotatable bonds is 1. The molecule has 2 saturated heterocycles. The molecule has 2 aliphatic rings. The van der Waals surface area contributed by atoms with Crippen molar-refractivity contribution < 1.29 is 0 Å². The van der Waals surface area contributed by atoms with Gasteiger partial charge in [-0.05, 0) is 19.4 Å². The highest BCUT2D eigenvalue weighted by Crippen LogP contribution is 2.28. The Morgan fingerprint density at radius 1 is 1.31 bits per heavy atom. The van der Waals surface area contributed by atoms with Crippen molar-refractivity contribution in [2.45, 2.75) is 25.3 Å². The van der Waals surface area contributed by atoms with Gasteiger partial charge in [0.25, 0.3) is 0 Å². The number of nitrogens with two attached hydrogens (primary N) is 1. The fourth-order valence-electron chi connectivity index (χ4n) is 2.75. The molecule has 2 fully saturated rings. The predicted molar refractivity (Wildman–Crippen MR) is 68.0 cm³/mol. The topological polar surface area (TPSA) is 45.4 Å². The summed E-state index contributed by atoms with van der Waals surface area (Å²) in [6, 6.07) is 0.743. The van der Waals surface area contributed by atoms with Gasteiger partial charge in [-0.25, -0.2) is 4.98 Å². The molecule has 0 amide bonds. The zero-order chi connectivity index (χ0) is 11.0. The maximum absolute atomic E-state index is 5.74. The van der Waals surface area contributed by atoms with E-state index in [0.29, 0.717) is 0 Å². The van der Waals surface area contributed by atoms with Crippen molar-refractivity contribution in [1.82, 2.24) is 9.88 Å². The molecule has 0 saturated carbocycles. The van der Waals surface area contributed by atoms with Gasteiger partial charge in [0.1, 0.15) is 5.00 Å². The molecule has 1 aromatic rings. The first-order chi connectivity index (χ1) is 7.83. The van der Waals surface area contributed by atoms with Crippen molar-refractivity contribution >= 4 is 21.5 Å². The van der Waals surface area contributed by atoms with Gasteiger partial charge < -0.3 is 10.6 Å². The molecule has 2 aliphatic heterocycles. The predicted octanol–water partition coefficient (Wildman–Crippen LogP) is 1.40. The Balaban J connectivity index is 1.70. The minimum Gasteiger partial charge on any atom is -0.389 e. The van der Waals surface area contributed by atoms with Crippen LogP contribution in [0.2, 0.25) is 0 Å². The summed E-state index contributed by atoms with van der Waals surface area (Å²) in [5.41, 5.74) is 5.74. The normalized spacial score (nSPS) is 26.8. The lowest BCUT2D eigenvalue weighted by Gasteiger charge is -2.43. The summed E-state index contributed by atoms with van der Waals surface area (Å²) in [6.07, 6.45) is 5.88. The number of nitrogens with zero attached hydrogens (tertiary/aromatic N) is 3. The standard InChI is InChI=1S/C11H18N4S/c12-10-7-13-11(16-10)15-6-5-14-4-2-1-3-9(14)8-15/h7,9H,1-6,8,12H2. The van der Waals surface area contributed by atoms with Gasteiger partial charge in [0.15, 0.2) is 5.13 Å². The number of piperidine rings is 1. The molecule has 88 valence electrons. The number of hydrogen-bond donors (Lipinski definition) is 1. The molecule has 0 aliphatic carbocycles. The molecule has 1 aromatic heterocycles. The lowest BCUT2D eigenvalue weighted by molar-refractivity contribution is 0.133. The summed E-state index contributed by atoms with van der Waals surface area (Å²) in [6.45, 7) is 4.71. The molecule has 0 aromatic carbocycles. The van der Waals surface area contributed by atoms with E-state index in [1.54, 1.807) is 17.5 Å². The molecule has 5 heteroatoms. The summed E-state index contributed by atoms with van der Waals surface area (Å²) in [5.74, 6) is 0. The van der Waals surface area contributed by atoms with Crippen LogP contribution in [0.15, 0.2) is 6.20 Å². The van der Waals surface area contributed by atoms with E-state index in [2.05, 4.69) is 14.8 Å².